The van der Waals surface area contributed by atoms with E-state index < -0.39 is 0 Å². The number of carbonyl (C=O) groups excluding carboxylic acids is 1. The van der Waals surface area contributed by atoms with Gasteiger partial charge in [-0.05, 0) is 24.1 Å². The second-order valence-electron chi connectivity index (χ2n) is 5.90. The van der Waals surface area contributed by atoms with Crippen molar-refractivity contribution < 1.29 is 4.79 Å². The molecule has 0 aliphatic carbocycles. The fraction of sp³-hybridized carbons (Fsp3) is 0.211. The number of hydrogen-bond donors (Lipinski definition) is 2. The molecule has 25 heavy (non-hydrogen) atoms. The predicted octanol–water partition coefficient (Wildman–Crippen LogP) is 1.78. The number of carbonyl (C=O) groups is 1. The molecule has 3 rings (SSSR count). The van der Waals surface area contributed by atoms with Gasteiger partial charge in [-0.3, -0.25) is 14.5 Å². The highest BCUT2D eigenvalue weighted by Crippen LogP contribution is 2.18. The van der Waals surface area contributed by atoms with Gasteiger partial charge in [-0.1, -0.05) is 30.3 Å². The molecule has 1 unspecified atom stereocenters. The van der Waals surface area contributed by atoms with E-state index in [9.17, 15) is 4.79 Å². The summed E-state index contributed by atoms with van der Waals surface area (Å²) in [6, 6.07) is 13.5. The van der Waals surface area contributed by atoms with Gasteiger partial charge in [-0.25, -0.2) is 0 Å². The Bertz CT molecular complexity index is 844. The van der Waals surface area contributed by atoms with Gasteiger partial charge >= 0.3 is 0 Å². The average molecular weight is 335 g/mol. The van der Waals surface area contributed by atoms with Crippen LogP contribution in [0.4, 0.5) is 0 Å². The van der Waals surface area contributed by atoms with Crippen molar-refractivity contribution in [1.29, 1.82) is 0 Å². The molecule has 128 valence electrons. The minimum absolute atomic E-state index is 0.129. The van der Waals surface area contributed by atoms with Crippen LogP contribution in [0.3, 0.4) is 0 Å². The minimum atomic E-state index is -0.178. The highest BCUT2D eigenvalue weighted by molar-refractivity contribution is 5.95. The van der Waals surface area contributed by atoms with Gasteiger partial charge in [0.15, 0.2) is 0 Å². The lowest BCUT2D eigenvalue weighted by Crippen LogP contribution is -2.41. The number of aromatic nitrogens is 3. The maximum absolute atomic E-state index is 12.6. The summed E-state index contributed by atoms with van der Waals surface area (Å²) < 4.78 is 1.75. The second-order valence-corrected chi connectivity index (χ2v) is 5.90. The number of hydrogen-bond acceptors (Lipinski definition) is 4. The summed E-state index contributed by atoms with van der Waals surface area (Å²) in [6.45, 7) is 0.371. The lowest BCUT2D eigenvalue weighted by molar-refractivity contribution is 0.0937. The third kappa shape index (κ3) is 4.10. The fourth-order valence-electron chi connectivity index (χ4n) is 2.72. The van der Waals surface area contributed by atoms with E-state index in [1.165, 1.54) is 0 Å². The first-order valence-corrected chi connectivity index (χ1v) is 8.15. The Kier molecular flexibility index (Phi) is 5.20. The first-order chi connectivity index (χ1) is 12.2. The van der Waals surface area contributed by atoms with Crippen molar-refractivity contribution in [2.75, 3.05) is 6.54 Å². The molecule has 1 atom stereocenters. The number of nitrogens with two attached hydrogens (primary N) is 1. The van der Waals surface area contributed by atoms with E-state index in [0.29, 0.717) is 18.5 Å². The third-order valence-electron chi connectivity index (χ3n) is 4.06. The lowest BCUT2D eigenvalue weighted by Gasteiger charge is -2.17. The van der Waals surface area contributed by atoms with Gasteiger partial charge in [0, 0.05) is 43.8 Å². The number of pyridine rings is 1. The molecule has 2 aromatic heterocycles. The summed E-state index contributed by atoms with van der Waals surface area (Å²) in [7, 11) is 1.85. The molecule has 6 nitrogen and oxygen atoms in total. The number of nitrogens with one attached hydrogen (secondary N) is 1. The van der Waals surface area contributed by atoms with Crippen molar-refractivity contribution in [3.8, 4) is 11.3 Å². The highest BCUT2D eigenvalue weighted by atomic mass is 16.1. The largest absolute Gasteiger partial charge is 0.348 e. The van der Waals surface area contributed by atoms with Crippen LogP contribution in [-0.2, 0) is 13.5 Å². The van der Waals surface area contributed by atoms with Crippen LogP contribution in [0.2, 0.25) is 0 Å². The smallest absolute Gasteiger partial charge is 0.253 e. The van der Waals surface area contributed by atoms with Crippen molar-refractivity contribution in [2.24, 2.45) is 12.8 Å². The van der Waals surface area contributed by atoms with Crippen molar-refractivity contribution in [3.05, 3.63) is 72.2 Å². The Morgan fingerprint density at radius 1 is 1.24 bits per heavy atom. The number of benzene rings is 1. The molecule has 0 radical (unpaired) electrons. The summed E-state index contributed by atoms with van der Waals surface area (Å²) in [4.78, 5) is 16.8. The van der Waals surface area contributed by atoms with Crippen LogP contribution >= 0.6 is 0 Å². The first kappa shape index (κ1) is 16.9. The maximum atomic E-state index is 12.6. The number of rotatable bonds is 6. The summed E-state index contributed by atoms with van der Waals surface area (Å²) in [5.74, 6) is -0.178. The van der Waals surface area contributed by atoms with Crippen molar-refractivity contribution in [3.63, 3.8) is 0 Å². The molecule has 0 aliphatic heterocycles. The van der Waals surface area contributed by atoms with Gasteiger partial charge in [0.25, 0.3) is 5.91 Å². The Morgan fingerprint density at radius 3 is 2.72 bits per heavy atom. The Balaban J connectivity index is 1.73. The molecular weight excluding hydrogens is 314 g/mol. The van der Waals surface area contributed by atoms with Crippen LogP contribution in [0, 0.1) is 0 Å². The number of aryl methyl sites for hydroxylation is 1. The van der Waals surface area contributed by atoms with Crippen molar-refractivity contribution in [2.45, 2.75) is 12.5 Å². The molecule has 3 aromatic rings. The summed E-state index contributed by atoms with van der Waals surface area (Å²) >= 11 is 0. The lowest BCUT2D eigenvalue weighted by atomic mass is 10.1. The van der Waals surface area contributed by atoms with Crippen molar-refractivity contribution >= 4 is 5.91 Å². The summed E-state index contributed by atoms with van der Waals surface area (Å²) in [5.41, 5.74) is 9.23. The normalized spacial score (nSPS) is 11.9. The van der Waals surface area contributed by atoms with Crippen LogP contribution in [0.1, 0.15) is 15.9 Å². The van der Waals surface area contributed by atoms with Crippen LogP contribution in [-0.4, -0.2) is 33.3 Å². The quantitative estimate of drug-likeness (QED) is 0.719. The monoisotopic (exact) mass is 335 g/mol. The first-order valence-electron chi connectivity index (χ1n) is 8.15. The van der Waals surface area contributed by atoms with Gasteiger partial charge in [0.05, 0.1) is 11.3 Å². The predicted molar refractivity (Wildman–Crippen MR) is 96.9 cm³/mol. The second kappa shape index (κ2) is 7.72. The standard InChI is InChI=1S/C19H21N5O/c1-24-18(7-8-22-24)15-10-16(13-21-12-15)19(25)23-17(11-20)9-14-5-3-2-4-6-14/h2-8,10,12-13,17H,9,11,20H2,1H3,(H,23,25). The van der Waals surface area contributed by atoms with E-state index in [1.54, 1.807) is 23.3 Å². The molecule has 3 N–H and O–H groups in total. The molecule has 1 amide bonds. The molecule has 0 fully saturated rings. The maximum Gasteiger partial charge on any atom is 0.253 e. The molecule has 0 saturated carbocycles. The van der Waals surface area contributed by atoms with Gasteiger partial charge < -0.3 is 11.1 Å². The average Bonchev–Trinajstić information content (AvgIpc) is 3.08. The van der Waals surface area contributed by atoms with E-state index in [-0.39, 0.29) is 11.9 Å². The van der Waals surface area contributed by atoms with E-state index in [0.717, 1.165) is 16.8 Å². The molecule has 1 aromatic carbocycles. The molecular formula is C19H21N5O. The number of nitrogens with zero attached hydrogens (tertiary/aromatic N) is 3. The van der Waals surface area contributed by atoms with Crippen LogP contribution in [0.25, 0.3) is 11.3 Å². The van der Waals surface area contributed by atoms with Gasteiger partial charge in [-0.2, -0.15) is 5.10 Å². The third-order valence-corrected chi connectivity index (χ3v) is 4.06. The van der Waals surface area contributed by atoms with Gasteiger partial charge in [0.1, 0.15) is 0 Å². The Hall–Kier alpha value is -2.99. The van der Waals surface area contributed by atoms with Gasteiger partial charge in [0.2, 0.25) is 0 Å². The highest BCUT2D eigenvalue weighted by Gasteiger charge is 2.14. The zero-order valence-electron chi connectivity index (χ0n) is 14.1. The summed E-state index contributed by atoms with van der Waals surface area (Å²) in [6.07, 6.45) is 5.69. The molecule has 0 aliphatic rings. The molecule has 0 spiro atoms. The zero-order valence-corrected chi connectivity index (χ0v) is 14.1. The summed E-state index contributed by atoms with van der Waals surface area (Å²) in [5, 5.41) is 7.14. The van der Waals surface area contributed by atoms with Crippen molar-refractivity contribution in [1.82, 2.24) is 20.1 Å². The van der Waals surface area contributed by atoms with Crippen LogP contribution in [0.15, 0.2) is 61.1 Å². The molecule has 2 heterocycles. The SMILES string of the molecule is Cn1nccc1-c1cncc(C(=O)NC(CN)Cc2ccccc2)c1. The van der Waals surface area contributed by atoms with Crippen LogP contribution in [0.5, 0.6) is 0 Å². The molecule has 0 saturated heterocycles. The fourth-order valence-corrected chi connectivity index (χ4v) is 2.72. The molecule has 0 bridgehead atoms. The van der Waals surface area contributed by atoms with E-state index in [1.807, 2.05) is 49.5 Å². The van der Waals surface area contributed by atoms with E-state index in [4.69, 9.17) is 5.73 Å². The topological polar surface area (TPSA) is 85.8 Å². The van der Waals surface area contributed by atoms with Crippen LogP contribution < -0.4 is 11.1 Å². The van der Waals surface area contributed by atoms with E-state index in [2.05, 4.69) is 15.4 Å². The Labute approximate surface area is 146 Å². The van der Waals surface area contributed by atoms with E-state index >= 15 is 0 Å². The molecule has 6 heteroatoms. The number of amides is 1. The minimum Gasteiger partial charge on any atom is -0.348 e. The zero-order chi connectivity index (χ0) is 17.6. The Morgan fingerprint density at radius 2 is 2.04 bits per heavy atom. The van der Waals surface area contributed by atoms with Gasteiger partial charge in [-0.15, -0.1) is 0 Å².